The summed E-state index contributed by atoms with van der Waals surface area (Å²) in [6, 6.07) is 15.5. The van der Waals surface area contributed by atoms with Crippen molar-refractivity contribution < 1.29 is 4.74 Å². The zero-order valence-corrected chi connectivity index (χ0v) is 9.10. The van der Waals surface area contributed by atoms with Crippen LogP contribution in [0.25, 0.3) is 0 Å². The van der Waals surface area contributed by atoms with E-state index in [1.54, 1.807) is 6.07 Å². The smallest absolute Gasteiger partial charge is 0.150 e. The number of hydrogen-bond donors (Lipinski definition) is 1. The Labute approximate surface area is 99.3 Å². The van der Waals surface area contributed by atoms with Crippen molar-refractivity contribution in [2.24, 2.45) is 0 Å². The standard InChI is InChI=1S/C14H10N2O/c15-8-10-4-3-5-11-9-16-12-6-1-2-7-13(12)17-14(10)11/h1-7,16H,9H2. The summed E-state index contributed by atoms with van der Waals surface area (Å²) in [4.78, 5) is 0. The first-order valence-electron chi connectivity index (χ1n) is 5.41. The third-order valence-electron chi connectivity index (χ3n) is 2.79. The zero-order valence-electron chi connectivity index (χ0n) is 9.10. The van der Waals surface area contributed by atoms with E-state index in [0.29, 0.717) is 17.9 Å². The second-order valence-corrected chi connectivity index (χ2v) is 3.86. The van der Waals surface area contributed by atoms with Crippen LogP contribution in [0.1, 0.15) is 11.1 Å². The lowest BCUT2D eigenvalue weighted by molar-refractivity contribution is 0.482. The maximum absolute atomic E-state index is 9.08. The van der Waals surface area contributed by atoms with Crippen LogP contribution in [0.2, 0.25) is 0 Å². The van der Waals surface area contributed by atoms with Crippen molar-refractivity contribution in [3.8, 4) is 17.6 Å². The van der Waals surface area contributed by atoms with E-state index in [-0.39, 0.29) is 0 Å². The summed E-state index contributed by atoms with van der Waals surface area (Å²) in [5.74, 6) is 1.42. The highest BCUT2D eigenvalue weighted by Crippen LogP contribution is 2.36. The molecule has 0 saturated carbocycles. The van der Waals surface area contributed by atoms with Gasteiger partial charge in [0.25, 0.3) is 0 Å². The number of rotatable bonds is 0. The van der Waals surface area contributed by atoms with Crippen molar-refractivity contribution in [3.63, 3.8) is 0 Å². The van der Waals surface area contributed by atoms with Gasteiger partial charge >= 0.3 is 0 Å². The Morgan fingerprint density at radius 1 is 1.12 bits per heavy atom. The lowest BCUT2D eigenvalue weighted by Gasteiger charge is -2.08. The molecule has 1 aliphatic rings. The fraction of sp³-hybridized carbons (Fsp3) is 0.0714. The molecule has 82 valence electrons. The fourth-order valence-electron chi connectivity index (χ4n) is 1.93. The summed E-state index contributed by atoms with van der Waals surface area (Å²) in [5.41, 5.74) is 2.52. The van der Waals surface area contributed by atoms with E-state index in [1.165, 1.54) is 0 Å². The number of para-hydroxylation sites is 3. The minimum atomic E-state index is 0.570. The van der Waals surface area contributed by atoms with Crippen LogP contribution < -0.4 is 10.1 Å². The number of nitrogens with one attached hydrogen (secondary N) is 1. The van der Waals surface area contributed by atoms with Gasteiger partial charge in [-0.15, -0.1) is 0 Å². The maximum atomic E-state index is 9.08. The second-order valence-electron chi connectivity index (χ2n) is 3.86. The van der Waals surface area contributed by atoms with Crippen LogP contribution in [0.4, 0.5) is 5.69 Å². The van der Waals surface area contributed by atoms with Gasteiger partial charge in [-0.05, 0) is 18.2 Å². The first kappa shape index (κ1) is 9.73. The van der Waals surface area contributed by atoms with Gasteiger partial charge in [0.05, 0.1) is 11.3 Å². The van der Waals surface area contributed by atoms with Crippen LogP contribution >= 0.6 is 0 Å². The predicted molar refractivity (Wildman–Crippen MR) is 65.0 cm³/mol. The SMILES string of the molecule is N#Cc1cccc2c1Oc1ccccc1NC2. The maximum Gasteiger partial charge on any atom is 0.150 e. The van der Waals surface area contributed by atoms with E-state index in [4.69, 9.17) is 10.00 Å². The number of ether oxygens (including phenoxy) is 1. The Morgan fingerprint density at radius 3 is 2.88 bits per heavy atom. The summed E-state index contributed by atoms with van der Waals surface area (Å²) < 4.78 is 5.84. The number of anilines is 1. The zero-order chi connectivity index (χ0) is 11.7. The first-order chi connectivity index (χ1) is 8.38. The van der Waals surface area contributed by atoms with E-state index in [1.807, 2.05) is 36.4 Å². The average molecular weight is 222 g/mol. The van der Waals surface area contributed by atoms with Gasteiger partial charge in [0, 0.05) is 12.1 Å². The normalized spacial score (nSPS) is 12.2. The summed E-state index contributed by atoms with van der Waals surface area (Å²) in [7, 11) is 0. The summed E-state index contributed by atoms with van der Waals surface area (Å²) in [6.45, 7) is 0.669. The highest BCUT2D eigenvalue weighted by atomic mass is 16.5. The van der Waals surface area contributed by atoms with Gasteiger partial charge in [-0.25, -0.2) is 0 Å². The Morgan fingerprint density at radius 2 is 2.00 bits per heavy atom. The molecule has 0 bridgehead atoms. The van der Waals surface area contributed by atoms with Crippen LogP contribution in [0, 0.1) is 11.3 Å². The van der Waals surface area contributed by atoms with Crippen LogP contribution in [-0.4, -0.2) is 0 Å². The molecular weight excluding hydrogens is 212 g/mol. The van der Waals surface area contributed by atoms with Gasteiger partial charge < -0.3 is 10.1 Å². The quantitative estimate of drug-likeness (QED) is 0.744. The molecule has 1 N–H and O–H groups in total. The summed E-state index contributed by atoms with van der Waals surface area (Å²) in [6.07, 6.45) is 0. The Bertz CT molecular complexity index is 614. The molecule has 1 heterocycles. The molecule has 0 fully saturated rings. The molecular formula is C14H10N2O. The molecule has 3 heteroatoms. The lowest BCUT2D eigenvalue weighted by Crippen LogP contribution is -1.97. The number of hydrogen-bond acceptors (Lipinski definition) is 3. The largest absolute Gasteiger partial charge is 0.453 e. The summed E-state index contributed by atoms with van der Waals surface area (Å²) in [5, 5.41) is 12.4. The van der Waals surface area contributed by atoms with Crippen molar-refractivity contribution in [2.45, 2.75) is 6.54 Å². The molecule has 0 atom stereocenters. The third kappa shape index (κ3) is 1.60. The highest BCUT2D eigenvalue weighted by molar-refractivity contribution is 5.62. The van der Waals surface area contributed by atoms with Crippen LogP contribution in [0.15, 0.2) is 42.5 Å². The van der Waals surface area contributed by atoms with Gasteiger partial charge in [-0.3, -0.25) is 0 Å². The number of benzene rings is 2. The van der Waals surface area contributed by atoms with Crippen molar-refractivity contribution >= 4 is 5.69 Å². The van der Waals surface area contributed by atoms with Gasteiger partial charge in [0.15, 0.2) is 5.75 Å². The van der Waals surface area contributed by atoms with Gasteiger partial charge in [-0.1, -0.05) is 24.3 Å². The predicted octanol–water partition coefficient (Wildman–Crippen LogP) is 3.28. The molecule has 0 aromatic heterocycles. The molecule has 0 amide bonds. The van der Waals surface area contributed by atoms with Crippen molar-refractivity contribution in [3.05, 3.63) is 53.6 Å². The molecule has 0 radical (unpaired) electrons. The molecule has 0 saturated heterocycles. The lowest BCUT2D eigenvalue weighted by atomic mass is 10.1. The molecule has 0 aliphatic carbocycles. The van der Waals surface area contributed by atoms with Crippen molar-refractivity contribution in [1.82, 2.24) is 0 Å². The Kier molecular flexibility index (Phi) is 2.20. The number of nitrogens with zero attached hydrogens (tertiary/aromatic N) is 1. The number of fused-ring (bicyclic) bond motifs is 2. The van der Waals surface area contributed by atoms with Crippen molar-refractivity contribution in [2.75, 3.05) is 5.32 Å². The Hall–Kier alpha value is -2.47. The molecule has 3 nitrogen and oxygen atoms in total. The van der Waals surface area contributed by atoms with E-state index in [2.05, 4.69) is 11.4 Å². The second kappa shape index (κ2) is 3.84. The van der Waals surface area contributed by atoms with Gasteiger partial charge in [0.1, 0.15) is 11.8 Å². The van der Waals surface area contributed by atoms with Crippen LogP contribution in [0.3, 0.4) is 0 Å². The average Bonchev–Trinajstić information content (AvgIpc) is 2.57. The molecule has 17 heavy (non-hydrogen) atoms. The Balaban J connectivity index is 2.16. The minimum absolute atomic E-state index is 0.570. The van der Waals surface area contributed by atoms with Crippen molar-refractivity contribution in [1.29, 1.82) is 5.26 Å². The van der Waals surface area contributed by atoms with E-state index in [0.717, 1.165) is 17.0 Å². The van der Waals surface area contributed by atoms with Gasteiger partial charge in [-0.2, -0.15) is 5.26 Å². The van der Waals surface area contributed by atoms with Crippen LogP contribution in [0.5, 0.6) is 11.5 Å². The minimum Gasteiger partial charge on any atom is -0.453 e. The topological polar surface area (TPSA) is 45.0 Å². The highest BCUT2D eigenvalue weighted by Gasteiger charge is 2.16. The molecule has 2 aromatic rings. The summed E-state index contributed by atoms with van der Waals surface area (Å²) >= 11 is 0. The fourth-order valence-corrected chi connectivity index (χ4v) is 1.93. The third-order valence-corrected chi connectivity index (χ3v) is 2.79. The monoisotopic (exact) mass is 222 g/mol. The molecule has 0 spiro atoms. The molecule has 2 aromatic carbocycles. The van der Waals surface area contributed by atoms with Gasteiger partial charge in [0.2, 0.25) is 0 Å². The molecule has 3 rings (SSSR count). The van der Waals surface area contributed by atoms with E-state index < -0.39 is 0 Å². The van der Waals surface area contributed by atoms with Crippen LogP contribution in [-0.2, 0) is 6.54 Å². The van der Waals surface area contributed by atoms with E-state index in [9.17, 15) is 0 Å². The molecule has 0 unspecified atom stereocenters. The number of nitriles is 1. The van der Waals surface area contributed by atoms with E-state index >= 15 is 0 Å². The first-order valence-corrected chi connectivity index (χ1v) is 5.41. The molecule has 1 aliphatic heterocycles.